The number of likely N-dealkylation sites (tertiary alicyclic amines) is 1. The van der Waals surface area contributed by atoms with Crippen LogP contribution in [0.25, 0.3) is 0 Å². The Morgan fingerprint density at radius 3 is 2.38 bits per heavy atom. The molecule has 1 saturated heterocycles. The smallest absolute Gasteiger partial charge is 0.348 e. The number of rotatable bonds is 5. The number of piperidine rings is 1. The van der Waals surface area contributed by atoms with E-state index in [9.17, 15) is 22.0 Å². The normalized spacial score (nSPS) is 29.1. The monoisotopic (exact) mass is 318 g/mol. The van der Waals surface area contributed by atoms with Crippen LogP contribution in [-0.2, 0) is 9.47 Å². The molecule has 1 heterocycles. The Morgan fingerprint density at radius 2 is 1.90 bits per heavy atom. The summed E-state index contributed by atoms with van der Waals surface area (Å²) >= 11 is 0. The lowest BCUT2D eigenvalue weighted by Crippen LogP contribution is -2.56. The SMILES string of the molecule is NC1CCN(CCOC2(OC(F)(F)F)CCC2)CC1(F)F. The first kappa shape index (κ1) is 16.9. The van der Waals surface area contributed by atoms with E-state index >= 15 is 0 Å². The van der Waals surface area contributed by atoms with Crippen molar-refractivity contribution >= 4 is 0 Å². The number of alkyl halides is 5. The van der Waals surface area contributed by atoms with Gasteiger partial charge in [0.2, 0.25) is 0 Å². The van der Waals surface area contributed by atoms with Gasteiger partial charge in [-0.1, -0.05) is 0 Å². The van der Waals surface area contributed by atoms with E-state index in [4.69, 9.17) is 10.5 Å². The van der Waals surface area contributed by atoms with Crippen LogP contribution in [0.3, 0.4) is 0 Å². The van der Waals surface area contributed by atoms with Crippen molar-refractivity contribution in [3.05, 3.63) is 0 Å². The number of hydrogen-bond donors (Lipinski definition) is 1. The molecule has 0 spiro atoms. The van der Waals surface area contributed by atoms with Crippen molar-refractivity contribution < 1.29 is 31.4 Å². The fourth-order valence-electron chi connectivity index (χ4n) is 2.53. The van der Waals surface area contributed by atoms with E-state index in [0.717, 1.165) is 0 Å². The molecule has 0 aromatic rings. The standard InChI is InChI=1S/C12H19F5N2O2/c13-11(14)8-19(5-2-9(11)18)6-7-20-10(3-1-4-10)21-12(15,16)17/h9H,1-8,18H2. The zero-order valence-corrected chi connectivity index (χ0v) is 11.5. The zero-order valence-electron chi connectivity index (χ0n) is 11.5. The molecule has 21 heavy (non-hydrogen) atoms. The van der Waals surface area contributed by atoms with Gasteiger partial charge in [-0.05, 0) is 12.8 Å². The van der Waals surface area contributed by atoms with E-state index in [1.165, 1.54) is 4.90 Å². The van der Waals surface area contributed by atoms with Crippen LogP contribution in [-0.4, -0.2) is 55.3 Å². The summed E-state index contributed by atoms with van der Waals surface area (Å²) < 4.78 is 72.9. The molecule has 2 fully saturated rings. The van der Waals surface area contributed by atoms with E-state index in [2.05, 4.69) is 4.74 Å². The van der Waals surface area contributed by atoms with Crippen LogP contribution >= 0.6 is 0 Å². The second-order valence-electron chi connectivity index (χ2n) is 5.59. The molecule has 2 aliphatic rings. The molecule has 1 saturated carbocycles. The van der Waals surface area contributed by atoms with Crippen molar-refractivity contribution in [1.29, 1.82) is 0 Å². The van der Waals surface area contributed by atoms with Gasteiger partial charge >= 0.3 is 6.36 Å². The Morgan fingerprint density at radius 1 is 1.24 bits per heavy atom. The lowest BCUT2D eigenvalue weighted by molar-refractivity contribution is -0.434. The molecule has 1 aliphatic heterocycles. The molecule has 0 bridgehead atoms. The van der Waals surface area contributed by atoms with E-state index in [0.29, 0.717) is 13.0 Å². The Balaban J connectivity index is 1.76. The number of nitrogens with zero attached hydrogens (tertiary/aromatic N) is 1. The molecule has 4 nitrogen and oxygen atoms in total. The van der Waals surface area contributed by atoms with Crippen molar-refractivity contribution in [2.24, 2.45) is 5.73 Å². The lowest BCUT2D eigenvalue weighted by Gasteiger charge is -2.42. The van der Waals surface area contributed by atoms with Gasteiger partial charge in [0.15, 0.2) is 5.79 Å². The van der Waals surface area contributed by atoms with E-state index in [1.807, 2.05) is 0 Å². The molecule has 124 valence electrons. The van der Waals surface area contributed by atoms with Crippen LogP contribution in [0.2, 0.25) is 0 Å². The number of ether oxygens (including phenoxy) is 2. The summed E-state index contributed by atoms with van der Waals surface area (Å²) in [5.41, 5.74) is 5.32. The molecule has 1 atom stereocenters. The highest BCUT2D eigenvalue weighted by molar-refractivity contribution is 4.89. The second kappa shape index (κ2) is 5.94. The molecule has 2 rings (SSSR count). The minimum Gasteiger partial charge on any atom is -0.348 e. The Bertz CT molecular complexity index is 360. The molecule has 0 aromatic carbocycles. The highest BCUT2D eigenvalue weighted by Crippen LogP contribution is 2.41. The number of halogens is 5. The first-order valence-electron chi connectivity index (χ1n) is 6.89. The number of nitrogens with two attached hydrogens (primary N) is 1. The van der Waals surface area contributed by atoms with Gasteiger partial charge < -0.3 is 10.5 Å². The van der Waals surface area contributed by atoms with Gasteiger partial charge in [0.1, 0.15) is 0 Å². The quantitative estimate of drug-likeness (QED) is 0.623. The van der Waals surface area contributed by atoms with Crippen molar-refractivity contribution in [3.8, 4) is 0 Å². The van der Waals surface area contributed by atoms with Crippen molar-refractivity contribution in [2.75, 3.05) is 26.2 Å². The third kappa shape index (κ3) is 4.48. The van der Waals surface area contributed by atoms with Gasteiger partial charge in [0.25, 0.3) is 5.92 Å². The van der Waals surface area contributed by atoms with Crippen LogP contribution in [0.15, 0.2) is 0 Å². The molecule has 0 amide bonds. The highest BCUT2D eigenvalue weighted by Gasteiger charge is 2.49. The summed E-state index contributed by atoms with van der Waals surface area (Å²) in [5, 5.41) is 0. The molecule has 0 aromatic heterocycles. The molecule has 1 aliphatic carbocycles. The summed E-state index contributed by atoms with van der Waals surface area (Å²) in [5.74, 6) is -4.61. The van der Waals surface area contributed by atoms with Crippen molar-refractivity contribution in [1.82, 2.24) is 4.90 Å². The third-order valence-electron chi connectivity index (χ3n) is 3.92. The van der Waals surface area contributed by atoms with E-state index in [1.54, 1.807) is 0 Å². The molecule has 2 N–H and O–H groups in total. The average molecular weight is 318 g/mol. The largest absolute Gasteiger partial charge is 0.524 e. The fraction of sp³-hybridized carbons (Fsp3) is 1.00. The van der Waals surface area contributed by atoms with Gasteiger partial charge in [-0.25, -0.2) is 8.78 Å². The average Bonchev–Trinajstić information content (AvgIpc) is 2.28. The first-order chi connectivity index (χ1) is 9.62. The second-order valence-corrected chi connectivity index (χ2v) is 5.59. The predicted molar refractivity (Wildman–Crippen MR) is 63.7 cm³/mol. The van der Waals surface area contributed by atoms with Crippen LogP contribution in [0.4, 0.5) is 22.0 Å². The summed E-state index contributed by atoms with van der Waals surface area (Å²) in [6, 6.07) is -1.17. The molecule has 9 heteroatoms. The predicted octanol–water partition coefficient (Wildman–Crippen LogP) is 2.09. The Hall–Kier alpha value is -0.510. The van der Waals surface area contributed by atoms with Crippen LogP contribution in [0.1, 0.15) is 25.7 Å². The molecular weight excluding hydrogens is 299 g/mol. The molecule has 0 radical (unpaired) electrons. The van der Waals surface area contributed by atoms with E-state index < -0.39 is 30.7 Å². The highest BCUT2D eigenvalue weighted by atomic mass is 19.4. The van der Waals surface area contributed by atoms with Gasteiger partial charge in [0.05, 0.1) is 19.2 Å². The van der Waals surface area contributed by atoms with Gasteiger partial charge in [-0.2, -0.15) is 0 Å². The van der Waals surface area contributed by atoms with E-state index in [-0.39, 0.29) is 32.4 Å². The minimum atomic E-state index is -4.76. The van der Waals surface area contributed by atoms with Crippen LogP contribution in [0, 0.1) is 0 Å². The van der Waals surface area contributed by atoms with Gasteiger partial charge in [-0.15, -0.1) is 13.2 Å². The Kier molecular flexibility index (Phi) is 4.77. The maximum atomic E-state index is 13.4. The van der Waals surface area contributed by atoms with Gasteiger partial charge in [0, 0.05) is 25.9 Å². The van der Waals surface area contributed by atoms with Gasteiger partial charge in [-0.3, -0.25) is 9.64 Å². The fourth-order valence-corrected chi connectivity index (χ4v) is 2.53. The zero-order chi connectivity index (χ0) is 15.7. The van der Waals surface area contributed by atoms with Crippen molar-refractivity contribution in [2.45, 2.75) is 49.8 Å². The lowest BCUT2D eigenvalue weighted by atomic mass is 9.91. The summed E-state index contributed by atoms with van der Waals surface area (Å²) in [4.78, 5) is 1.45. The molecule has 1 unspecified atom stereocenters. The topological polar surface area (TPSA) is 47.7 Å². The van der Waals surface area contributed by atoms with Crippen LogP contribution < -0.4 is 5.73 Å². The summed E-state index contributed by atoms with van der Waals surface area (Å²) in [6.45, 7) is -0.0649. The third-order valence-corrected chi connectivity index (χ3v) is 3.92. The maximum Gasteiger partial charge on any atom is 0.524 e. The number of hydrogen-bond acceptors (Lipinski definition) is 4. The van der Waals surface area contributed by atoms with Crippen molar-refractivity contribution in [3.63, 3.8) is 0 Å². The maximum absolute atomic E-state index is 13.4. The summed E-state index contributed by atoms with van der Waals surface area (Å²) in [6.07, 6.45) is -3.70. The Labute approximate surface area is 119 Å². The first-order valence-corrected chi connectivity index (χ1v) is 6.89. The minimum absolute atomic E-state index is 0.0819. The summed E-state index contributed by atoms with van der Waals surface area (Å²) in [7, 11) is 0. The van der Waals surface area contributed by atoms with Crippen LogP contribution in [0.5, 0.6) is 0 Å². The molecular formula is C12H19F5N2O2.